The van der Waals surface area contributed by atoms with Gasteiger partial charge >= 0.3 is 11.9 Å². The van der Waals surface area contributed by atoms with Crippen molar-refractivity contribution >= 4 is 11.9 Å². The molecule has 10 nitrogen and oxygen atoms in total. The van der Waals surface area contributed by atoms with Crippen LogP contribution in [-0.2, 0) is 19.1 Å². The lowest BCUT2D eigenvalue weighted by atomic mass is 9.33. The van der Waals surface area contributed by atoms with Gasteiger partial charge < -0.3 is 40.1 Å². The molecule has 0 unspecified atom stereocenters. The fraction of sp³-hybridized carbons (Fsp3) is 0.889. The van der Waals surface area contributed by atoms with E-state index in [-0.39, 0.29) is 45.0 Å². The molecule has 0 aromatic rings. The van der Waals surface area contributed by atoms with Crippen LogP contribution in [0.2, 0.25) is 0 Å². The van der Waals surface area contributed by atoms with Crippen molar-refractivity contribution in [2.45, 2.75) is 149 Å². The first-order chi connectivity index (χ1) is 21.2. The van der Waals surface area contributed by atoms with E-state index in [2.05, 4.69) is 54.5 Å². The highest BCUT2D eigenvalue weighted by Crippen LogP contribution is 2.76. The van der Waals surface area contributed by atoms with Crippen LogP contribution in [0, 0.1) is 50.2 Å². The molecule has 10 heteroatoms. The summed E-state index contributed by atoms with van der Waals surface area (Å²) in [4.78, 5) is 24.7. The number of aliphatic hydroxyl groups excluding tert-OH is 4. The summed E-state index contributed by atoms with van der Waals surface area (Å²) < 4.78 is 11.9. The number of rotatable bonds is 4. The Kier molecular flexibility index (Phi) is 7.99. The number of carbonyl (C=O) groups is 2. The van der Waals surface area contributed by atoms with E-state index in [1.54, 1.807) is 0 Å². The number of carboxylic acids is 2. The van der Waals surface area contributed by atoms with E-state index in [1.807, 2.05) is 0 Å². The van der Waals surface area contributed by atoms with E-state index in [0.717, 1.165) is 38.5 Å². The number of hydrogen-bond donors (Lipinski definition) is 6. The molecule has 4 saturated carbocycles. The summed E-state index contributed by atoms with van der Waals surface area (Å²) in [5, 5.41) is 62.8. The monoisotopic (exact) mass is 648 g/mol. The Labute approximate surface area is 272 Å². The molecule has 6 aliphatic rings. The van der Waals surface area contributed by atoms with Gasteiger partial charge in [-0.05, 0) is 103 Å². The molecule has 6 N–H and O–H groups in total. The number of ether oxygens (including phenoxy) is 2. The van der Waals surface area contributed by atoms with Crippen LogP contribution in [-0.4, -0.2) is 85.5 Å². The van der Waals surface area contributed by atoms with Gasteiger partial charge in [0.15, 0.2) is 12.4 Å². The van der Waals surface area contributed by atoms with Crippen molar-refractivity contribution in [1.29, 1.82) is 0 Å². The third kappa shape index (κ3) is 4.49. The first kappa shape index (κ1) is 34.3. The topological polar surface area (TPSA) is 174 Å². The number of hydrogen-bond acceptors (Lipinski definition) is 8. The Hall–Kier alpha value is -1.56. The van der Waals surface area contributed by atoms with Gasteiger partial charge in [-0.25, -0.2) is 4.79 Å². The van der Waals surface area contributed by atoms with E-state index in [1.165, 1.54) is 5.57 Å². The zero-order valence-electron chi connectivity index (χ0n) is 28.5. The lowest BCUT2D eigenvalue weighted by molar-refractivity contribution is -0.324. The number of fused-ring (bicyclic) bond motifs is 7. The van der Waals surface area contributed by atoms with Crippen molar-refractivity contribution in [3.05, 3.63) is 11.6 Å². The molecular formula is C36H56O10. The molecular weight excluding hydrogens is 592 g/mol. The maximum atomic E-state index is 13.0. The second-order valence-corrected chi connectivity index (χ2v) is 18.0. The maximum Gasteiger partial charge on any atom is 0.335 e. The summed E-state index contributed by atoms with van der Waals surface area (Å²) in [5.41, 5.74) is -0.730. The zero-order chi connectivity index (χ0) is 34.0. The molecule has 1 saturated heterocycles. The molecule has 0 spiro atoms. The third-order valence-corrected chi connectivity index (χ3v) is 15.1. The number of carboxylic acid groups (broad SMARTS) is 2. The van der Waals surface area contributed by atoms with Crippen LogP contribution >= 0.6 is 0 Å². The quantitative estimate of drug-likeness (QED) is 0.192. The van der Waals surface area contributed by atoms with Gasteiger partial charge in [-0.1, -0.05) is 60.1 Å². The van der Waals surface area contributed by atoms with Crippen LogP contribution in [0.1, 0.15) is 106 Å². The van der Waals surface area contributed by atoms with Crippen LogP contribution in [0.5, 0.6) is 0 Å². The molecule has 1 aliphatic heterocycles. The molecule has 5 aliphatic carbocycles. The van der Waals surface area contributed by atoms with Gasteiger partial charge in [-0.15, -0.1) is 0 Å². The summed E-state index contributed by atoms with van der Waals surface area (Å²) in [6.45, 7) is 15.9. The summed E-state index contributed by atoms with van der Waals surface area (Å²) >= 11 is 0. The highest BCUT2D eigenvalue weighted by atomic mass is 16.7. The highest BCUT2D eigenvalue weighted by molar-refractivity contribution is 5.77. The molecule has 0 aromatic carbocycles. The average Bonchev–Trinajstić information content (AvgIpc) is 2.94. The van der Waals surface area contributed by atoms with E-state index >= 15 is 0 Å². The van der Waals surface area contributed by atoms with Crippen LogP contribution in [0.25, 0.3) is 0 Å². The van der Waals surface area contributed by atoms with Crippen molar-refractivity contribution < 1.29 is 49.7 Å². The molecule has 0 bridgehead atoms. The fourth-order valence-corrected chi connectivity index (χ4v) is 12.4. The fourth-order valence-electron chi connectivity index (χ4n) is 12.4. The summed E-state index contributed by atoms with van der Waals surface area (Å²) in [7, 11) is 0. The van der Waals surface area contributed by atoms with Crippen molar-refractivity contribution in [2.24, 2.45) is 50.2 Å². The Morgan fingerprint density at radius 3 is 2.13 bits per heavy atom. The van der Waals surface area contributed by atoms with Gasteiger partial charge in [0, 0.05) is 0 Å². The van der Waals surface area contributed by atoms with E-state index in [9.17, 15) is 40.2 Å². The molecule has 14 atom stereocenters. The van der Waals surface area contributed by atoms with E-state index in [0.29, 0.717) is 25.2 Å². The van der Waals surface area contributed by atoms with Crippen molar-refractivity contribution in [2.75, 3.05) is 0 Å². The first-order valence-electron chi connectivity index (χ1n) is 17.4. The summed E-state index contributed by atoms with van der Waals surface area (Å²) in [5.74, 6) is -1.90. The molecule has 6 rings (SSSR count). The second kappa shape index (κ2) is 10.7. The Bertz CT molecular complexity index is 1290. The summed E-state index contributed by atoms with van der Waals surface area (Å²) in [6, 6.07) is 0. The van der Waals surface area contributed by atoms with Crippen molar-refractivity contribution in [1.82, 2.24) is 0 Å². The van der Waals surface area contributed by atoms with Gasteiger partial charge in [-0.2, -0.15) is 0 Å². The van der Waals surface area contributed by atoms with Crippen molar-refractivity contribution in [3.8, 4) is 0 Å². The van der Waals surface area contributed by atoms with Crippen LogP contribution in [0.3, 0.4) is 0 Å². The van der Waals surface area contributed by atoms with Gasteiger partial charge in [-0.3, -0.25) is 4.79 Å². The zero-order valence-corrected chi connectivity index (χ0v) is 28.5. The molecule has 0 radical (unpaired) electrons. The van der Waals surface area contributed by atoms with E-state index < -0.39 is 54.2 Å². The van der Waals surface area contributed by atoms with Gasteiger partial charge in [0.05, 0.1) is 12.2 Å². The standard InChI is InChI=1S/C36H56O10/c1-31(2)16-19-18-8-9-21-33(5)12-11-23(45-29-26(40)24(38)25(39)27(46-29)28(41)42)32(3,4)20(33)10-13-35(21,7)34(18,6)14-15-36(19,30(43)44)22(37)17-31/h8,19-27,29,37-40H,9-17H2,1-7H3,(H,41,42)(H,43,44)/t19-,20-,21+,22-,23-,24-,25-,26+,27-,29+,33-,34+,35+,36-/m0/s1. The van der Waals surface area contributed by atoms with E-state index in [4.69, 9.17) is 9.47 Å². The van der Waals surface area contributed by atoms with Crippen LogP contribution in [0.15, 0.2) is 11.6 Å². The Morgan fingerprint density at radius 2 is 1.50 bits per heavy atom. The van der Waals surface area contributed by atoms with Gasteiger partial charge in [0.2, 0.25) is 0 Å². The Balaban J connectivity index is 1.30. The first-order valence-corrected chi connectivity index (χ1v) is 17.4. The second-order valence-electron chi connectivity index (χ2n) is 18.0. The van der Waals surface area contributed by atoms with Crippen LogP contribution in [0.4, 0.5) is 0 Å². The number of allylic oxidation sites excluding steroid dienone is 2. The lowest BCUT2D eigenvalue weighted by Gasteiger charge is -2.71. The SMILES string of the molecule is CC1(C)C[C@H](O)[C@]2(C(=O)O)CC[C@]3(C)C(=CC[C@@H]4[C@@]5(C)CC[C@H](O[C@@H]6O[C@H](C(=O)O)[C@@H](O)[C@H](O)[C@H]6O)C(C)(C)[C@@H]5CC[C@]43C)[C@@H]2C1. The molecule has 46 heavy (non-hydrogen) atoms. The largest absolute Gasteiger partial charge is 0.481 e. The smallest absolute Gasteiger partial charge is 0.335 e. The predicted octanol–water partition coefficient (Wildman–Crippen LogP) is 4.12. The van der Waals surface area contributed by atoms with Crippen molar-refractivity contribution in [3.63, 3.8) is 0 Å². The minimum Gasteiger partial charge on any atom is -0.481 e. The molecule has 260 valence electrons. The summed E-state index contributed by atoms with van der Waals surface area (Å²) in [6.07, 6.45) is -0.264. The minimum atomic E-state index is -1.76. The maximum absolute atomic E-state index is 13.0. The molecule has 0 amide bonds. The predicted molar refractivity (Wildman–Crippen MR) is 167 cm³/mol. The number of aliphatic carboxylic acids is 2. The average molecular weight is 649 g/mol. The number of aliphatic hydroxyl groups is 4. The minimum absolute atomic E-state index is 0.0561. The van der Waals surface area contributed by atoms with Crippen LogP contribution < -0.4 is 0 Å². The lowest BCUT2D eigenvalue weighted by Crippen LogP contribution is -2.67. The molecule has 0 aromatic heterocycles. The van der Waals surface area contributed by atoms with Gasteiger partial charge in [0.25, 0.3) is 0 Å². The van der Waals surface area contributed by atoms with Gasteiger partial charge in [0.1, 0.15) is 23.7 Å². The highest BCUT2D eigenvalue weighted by Gasteiger charge is 2.71. The Morgan fingerprint density at radius 1 is 0.826 bits per heavy atom. The molecule has 5 fully saturated rings. The normalized spacial score (nSPS) is 52.6. The molecule has 1 heterocycles. The third-order valence-electron chi connectivity index (χ3n) is 15.1.